The van der Waals surface area contributed by atoms with Crippen LogP contribution in [0.3, 0.4) is 0 Å². The number of fused-ring (bicyclic) bond motifs is 2. The Kier molecular flexibility index (Phi) is 16.8. The summed E-state index contributed by atoms with van der Waals surface area (Å²) in [5.41, 5.74) is 3.97. The number of ether oxygens (including phenoxy) is 3. The SMILES string of the molecule is CCN(CCCCCN(C)CC(=O)N1CCN(c2ccc3c(c2)C(=O)N(C2CCC(=O)NC2=O)C3=O)CC1)CCOc1ccc(Oc2c(-c3ccc(S(C)(=O)=O)cc3)ccc3cc(OCc4ccccc4)ccc23)cc1. The molecule has 2 saturated heterocycles. The summed E-state index contributed by atoms with van der Waals surface area (Å²) in [6.45, 7) is 9.09. The topological polar surface area (TPSA) is 175 Å². The molecule has 1 atom stereocenters. The van der Waals surface area contributed by atoms with E-state index >= 15 is 0 Å². The molecule has 2 fully saturated rings. The van der Waals surface area contributed by atoms with Gasteiger partial charge < -0.3 is 28.9 Å². The minimum atomic E-state index is -3.36. The smallest absolute Gasteiger partial charge is 0.262 e. The number of nitrogens with one attached hydrogen (secondary N) is 1. The van der Waals surface area contributed by atoms with Crippen LogP contribution in [0, 0.1) is 0 Å². The van der Waals surface area contributed by atoms with Gasteiger partial charge in [-0.25, -0.2) is 8.42 Å². The van der Waals surface area contributed by atoms with Gasteiger partial charge in [0, 0.05) is 62.0 Å². The molecular formula is C59H64N6O10S. The minimum Gasteiger partial charge on any atom is -0.492 e. The monoisotopic (exact) mass is 1050 g/mol. The van der Waals surface area contributed by atoms with Crippen LogP contribution < -0.4 is 24.4 Å². The number of sulfone groups is 1. The molecule has 6 aromatic carbocycles. The number of likely N-dealkylation sites (N-methyl/N-ethyl adjacent to an activating group) is 2. The first-order chi connectivity index (χ1) is 36.7. The van der Waals surface area contributed by atoms with Crippen molar-refractivity contribution in [1.82, 2.24) is 24.9 Å². The Morgan fingerprint density at radius 2 is 1.41 bits per heavy atom. The molecule has 0 radical (unpaired) electrons. The normalized spacial score (nSPS) is 15.9. The van der Waals surface area contributed by atoms with Crippen molar-refractivity contribution in [3.8, 4) is 34.1 Å². The lowest BCUT2D eigenvalue weighted by Gasteiger charge is -2.37. The second-order valence-electron chi connectivity index (χ2n) is 19.6. The van der Waals surface area contributed by atoms with Crippen molar-refractivity contribution >= 4 is 55.8 Å². The molecule has 76 heavy (non-hydrogen) atoms. The average molecular weight is 1050 g/mol. The van der Waals surface area contributed by atoms with Crippen LogP contribution in [0.2, 0.25) is 0 Å². The first-order valence-electron chi connectivity index (χ1n) is 26.0. The molecule has 1 N–H and O–H groups in total. The largest absolute Gasteiger partial charge is 0.492 e. The number of carbonyl (C=O) groups excluding carboxylic acids is 5. The third-order valence-electron chi connectivity index (χ3n) is 14.3. The number of rotatable bonds is 22. The number of benzene rings is 6. The van der Waals surface area contributed by atoms with Crippen LogP contribution >= 0.6 is 0 Å². The van der Waals surface area contributed by atoms with E-state index in [0.29, 0.717) is 57.4 Å². The number of nitrogens with zero attached hydrogens (tertiary/aromatic N) is 5. The van der Waals surface area contributed by atoms with E-state index < -0.39 is 39.5 Å². The van der Waals surface area contributed by atoms with E-state index in [1.54, 1.807) is 42.5 Å². The lowest BCUT2D eigenvalue weighted by atomic mass is 9.99. The van der Waals surface area contributed by atoms with Crippen LogP contribution in [0.4, 0.5) is 5.69 Å². The Morgan fingerprint density at radius 3 is 2.13 bits per heavy atom. The van der Waals surface area contributed by atoms with Gasteiger partial charge in [0.1, 0.15) is 42.3 Å². The quantitative estimate of drug-likeness (QED) is 0.0515. The van der Waals surface area contributed by atoms with E-state index in [4.69, 9.17) is 14.2 Å². The Labute approximate surface area is 444 Å². The molecule has 0 bridgehead atoms. The van der Waals surface area contributed by atoms with Gasteiger partial charge in [0.2, 0.25) is 17.7 Å². The fraction of sp³-hybridized carbons (Fsp3) is 0.339. The van der Waals surface area contributed by atoms with Crippen molar-refractivity contribution in [3.05, 3.63) is 144 Å². The number of piperidine rings is 1. The van der Waals surface area contributed by atoms with E-state index in [0.717, 1.165) is 95.0 Å². The second kappa shape index (κ2) is 23.9. The van der Waals surface area contributed by atoms with Gasteiger partial charge in [0.15, 0.2) is 9.84 Å². The van der Waals surface area contributed by atoms with Crippen LogP contribution in [0.1, 0.15) is 65.3 Å². The molecule has 0 saturated carbocycles. The molecular weight excluding hydrogens is 985 g/mol. The number of hydrogen-bond acceptors (Lipinski definition) is 13. The molecule has 3 heterocycles. The lowest BCUT2D eigenvalue weighted by molar-refractivity contribution is -0.136. The van der Waals surface area contributed by atoms with Crippen LogP contribution in [0.15, 0.2) is 132 Å². The third-order valence-corrected chi connectivity index (χ3v) is 15.4. The zero-order valence-corrected chi connectivity index (χ0v) is 44.1. The van der Waals surface area contributed by atoms with Crippen LogP contribution in [-0.4, -0.2) is 142 Å². The number of unbranched alkanes of at least 4 members (excludes halogenated alkanes) is 2. The average Bonchev–Trinajstić information content (AvgIpc) is 3.67. The van der Waals surface area contributed by atoms with E-state index in [2.05, 4.69) is 26.9 Å². The molecule has 1 unspecified atom stereocenters. The standard InChI is InChI=1S/C59H64N6O10S/c1-4-62(30-10-6-9-29-61(2)39-55(67)64-33-31-63(32-34-64)44-16-25-51-52(38-44)59(70)65(58(51)69)53-27-28-54(66)60-57(53)68)35-36-73-45-17-19-46(20-18-45)75-56-49(42-13-22-48(23-14-42)76(3,71)72)24-15-43-37-47(21-26-50(43)56)74-40-41-11-7-5-8-12-41/h5,7-8,11-26,37-38,53H,4,6,9-10,27-36,39-40H2,1-3H3,(H,60,66,68). The predicted molar refractivity (Wildman–Crippen MR) is 291 cm³/mol. The van der Waals surface area contributed by atoms with Crippen molar-refractivity contribution in [2.24, 2.45) is 0 Å². The summed E-state index contributed by atoms with van der Waals surface area (Å²) in [7, 11) is -1.38. The fourth-order valence-electron chi connectivity index (χ4n) is 9.95. The highest BCUT2D eigenvalue weighted by Crippen LogP contribution is 2.41. The molecule has 17 heteroatoms. The first kappa shape index (κ1) is 53.2. The molecule has 396 valence electrons. The van der Waals surface area contributed by atoms with Crippen LogP contribution in [-0.2, 0) is 30.8 Å². The molecule has 3 aliphatic heterocycles. The molecule has 0 aliphatic carbocycles. The van der Waals surface area contributed by atoms with Crippen molar-refractivity contribution in [2.45, 2.75) is 56.6 Å². The second-order valence-corrected chi connectivity index (χ2v) is 21.6. The molecule has 5 amide bonds. The van der Waals surface area contributed by atoms with E-state index in [9.17, 15) is 32.4 Å². The maximum atomic E-state index is 13.4. The number of imide groups is 2. The van der Waals surface area contributed by atoms with Crippen molar-refractivity contribution < 1.29 is 46.6 Å². The lowest BCUT2D eigenvalue weighted by Crippen LogP contribution is -2.54. The van der Waals surface area contributed by atoms with Crippen molar-refractivity contribution in [1.29, 1.82) is 0 Å². The summed E-state index contributed by atoms with van der Waals surface area (Å²) in [6.07, 6.45) is 4.40. The zero-order valence-electron chi connectivity index (χ0n) is 43.2. The highest BCUT2D eigenvalue weighted by atomic mass is 32.2. The predicted octanol–water partition coefficient (Wildman–Crippen LogP) is 7.83. The Morgan fingerprint density at radius 1 is 0.711 bits per heavy atom. The summed E-state index contributed by atoms with van der Waals surface area (Å²) in [4.78, 5) is 73.6. The number of amides is 5. The van der Waals surface area contributed by atoms with Gasteiger partial charge >= 0.3 is 0 Å². The summed E-state index contributed by atoms with van der Waals surface area (Å²) < 4.78 is 43.5. The minimum absolute atomic E-state index is 0.0632. The van der Waals surface area contributed by atoms with Gasteiger partial charge in [-0.1, -0.05) is 61.9 Å². The molecule has 9 rings (SSSR count). The maximum absolute atomic E-state index is 13.4. The molecule has 0 aromatic heterocycles. The number of carbonyl (C=O) groups is 5. The summed E-state index contributed by atoms with van der Waals surface area (Å²) in [5.74, 6) is 0.678. The molecule has 6 aromatic rings. The van der Waals surface area contributed by atoms with Crippen LogP contribution in [0.5, 0.6) is 23.0 Å². The van der Waals surface area contributed by atoms with Gasteiger partial charge in [0.25, 0.3) is 11.8 Å². The van der Waals surface area contributed by atoms with E-state index in [1.165, 1.54) is 6.26 Å². The Balaban J connectivity index is 0.698. The van der Waals surface area contributed by atoms with Gasteiger partial charge in [-0.3, -0.25) is 39.1 Å². The highest BCUT2D eigenvalue weighted by Gasteiger charge is 2.45. The van der Waals surface area contributed by atoms with E-state index in [1.807, 2.05) is 96.9 Å². The van der Waals surface area contributed by atoms with Crippen LogP contribution in [0.25, 0.3) is 21.9 Å². The van der Waals surface area contributed by atoms with Gasteiger partial charge in [0.05, 0.1) is 22.6 Å². The molecule has 0 spiro atoms. The number of hydrogen-bond donors (Lipinski definition) is 1. The number of anilines is 1. The fourth-order valence-corrected chi connectivity index (χ4v) is 10.6. The third kappa shape index (κ3) is 12.7. The van der Waals surface area contributed by atoms with Gasteiger partial charge in [-0.2, -0.15) is 0 Å². The number of piperazine rings is 1. The zero-order chi connectivity index (χ0) is 53.3. The summed E-state index contributed by atoms with van der Waals surface area (Å²) in [6, 6.07) is 38.4. The maximum Gasteiger partial charge on any atom is 0.262 e. The first-order valence-corrected chi connectivity index (χ1v) is 27.9. The molecule has 3 aliphatic rings. The highest BCUT2D eigenvalue weighted by molar-refractivity contribution is 7.90. The van der Waals surface area contributed by atoms with Crippen molar-refractivity contribution in [3.63, 3.8) is 0 Å². The Hall–Kier alpha value is -7.60. The van der Waals surface area contributed by atoms with Crippen molar-refractivity contribution in [2.75, 3.05) is 83.7 Å². The van der Waals surface area contributed by atoms with Gasteiger partial charge in [-0.05, 0) is 141 Å². The molecule has 16 nitrogen and oxygen atoms in total. The van der Waals surface area contributed by atoms with Gasteiger partial charge in [-0.15, -0.1) is 0 Å². The Bertz CT molecular complexity index is 3200. The summed E-state index contributed by atoms with van der Waals surface area (Å²) >= 11 is 0. The summed E-state index contributed by atoms with van der Waals surface area (Å²) in [5, 5.41) is 4.04. The van der Waals surface area contributed by atoms with E-state index in [-0.39, 0.29) is 34.8 Å².